The van der Waals surface area contributed by atoms with Gasteiger partial charge < -0.3 is 19.9 Å². The van der Waals surface area contributed by atoms with E-state index in [1.54, 1.807) is 39.9 Å². The third kappa shape index (κ3) is 4.12. The number of aromatic amines is 1. The number of hydrogen-bond acceptors (Lipinski definition) is 7. The molecule has 1 saturated heterocycles. The lowest BCUT2D eigenvalue weighted by Crippen LogP contribution is -2.44. The van der Waals surface area contributed by atoms with Gasteiger partial charge in [-0.1, -0.05) is 6.07 Å². The number of halogens is 3. The van der Waals surface area contributed by atoms with Gasteiger partial charge in [-0.15, -0.1) is 0 Å². The van der Waals surface area contributed by atoms with E-state index in [9.17, 15) is 18.0 Å². The first kappa shape index (κ1) is 23.9. The molecule has 0 radical (unpaired) electrons. The molecule has 4 heterocycles. The highest BCUT2D eigenvalue weighted by atomic mass is 19.4. The van der Waals surface area contributed by atoms with Gasteiger partial charge in [-0.3, -0.25) is 9.20 Å². The van der Waals surface area contributed by atoms with Gasteiger partial charge in [0.05, 0.1) is 29.9 Å². The Morgan fingerprint density at radius 1 is 0.895 bits per heavy atom. The number of rotatable bonds is 4. The molecule has 3 aromatic heterocycles. The highest BCUT2D eigenvalue weighted by Gasteiger charge is 2.36. The van der Waals surface area contributed by atoms with E-state index in [2.05, 4.69) is 25.3 Å². The second kappa shape index (κ2) is 9.14. The summed E-state index contributed by atoms with van der Waals surface area (Å²) in [5.41, 5.74) is 1.99. The first-order valence-electron chi connectivity index (χ1n) is 11.9. The minimum absolute atomic E-state index is 0.133. The van der Waals surface area contributed by atoms with Crippen molar-refractivity contribution < 1.29 is 17.9 Å². The van der Waals surface area contributed by atoms with Crippen LogP contribution in [0.3, 0.4) is 0 Å². The highest BCUT2D eigenvalue weighted by Crippen LogP contribution is 2.39. The van der Waals surface area contributed by atoms with Crippen LogP contribution in [0.2, 0.25) is 0 Å². The average molecular weight is 522 g/mol. The van der Waals surface area contributed by atoms with Gasteiger partial charge in [0.15, 0.2) is 0 Å². The summed E-state index contributed by atoms with van der Waals surface area (Å²) in [6.07, 6.45) is 0.0168. The van der Waals surface area contributed by atoms with Crippen LogP contribution in [-0.2, 0) is 6.18 Å². The summed E-state index contributed by atoms with van der Waals surface area (Å²) in [6.45, 7) is 2.18. The molecule has 0 spiro atoms. The largest absolute Gasteiger partial charge is 0.467 e. The van der Waals surface area contributed by atoms with Gasteiger partial charge in [0, 0.05) is 55.4 Å². The van der Waals surface area contributed by atoms with Crippen molar-refractivity contribution in [3.8, 4) is 28.5 Å². The van der Waals surface area contributed by atoms with Crippen molar-refractivity contribution >= 4 is 22.2 Å². The van der Waals surface area contributed by atoms with Gasteiger partial charge in [-0.25, -0.2) is 15.0 Å². The molecule has 1 fully saturated rings. The normalized spacial score (nSPS) is 14.4. The minimum atomic E-state index is -4.57. The molecule has 0 bridgehead atoms. The van der Waals surface area contributed by atoms with Crippen molar-refractivity contribution in [2.45, 2.75) is 6.18 Å². The Kier molecular flexibility index (Phi) is 5.75. The molecule has 0 unspecified atom stereocenters. The third-order valence-electron chi connectivity index (χ3n) is 6.64. The first-order chi connectivity index (χ1) is 18.3. The lowest BCUT2D eigenvalue weighted by molar-refractivity contribution is -0.137. The number of fused-ring (bicyclic) bond motifs is 3. The van der Waals surface area contributed by atoms with E-state index in [4.69, 9.17) is 4.74 Å². The number of imidazole rings is 1. The SMILES string of the molecule is COc1ncc(-c2ccc3[nH]c(=O)c4cnc(-c5ccc(N6CCNCC6)c(C(F)(F)F)c5)n4c3c2)cn1. The molecule has 2 aromatic carbocycles. The number of anilines is 1. The summed E-state index contributed by atoms with van der Waals surface area (Å²) in [5, 5.41) is 3.16. The number of methoxy groups -OCH3 is 1. The summed E-state index contributed by atoms with van der Waals surface area (Å²) >= 11 is 0. The third-order valence-corrected chi connectivity index (χ3v) is 6.64. The van der Waals surface area contributed by atoms with Gasteiger partial charge in [-0.05, 0) is 35.9 Å². The van der Waals surface area contributed by atoms with Crippen molar-refractivity contribution in [2.75, 3.05) is 38.2 Å². The molecule has 2 N–H and O–H groups in total. The van der Waals surface area contributed by atoms with Crippen LogP contribution in [0.15, 0.2) is 59.8 Å². The Hall–Kier alpha value is -4.45. The quantitative estimate of drug-likeness (QED) is 0.372. The van der Waals surface area contributed by atoms with Crippen LogP contribution in [0.4, 0.5) is 18.9 Å². The van der Waals surface area contributed by atoms with Crippen molar-refractivity contribution in [2.24, 2.45) is 0 Å². The van der Waals surface area contributed by atoms with Crippen LogP contribution in [0.5, 0.6) is 6.01 Å². The molecule has 0 amide bonds. The fourth-order valence-corrected chi connectivity index (χ4v) is 4.80. The summed E-state index contributed by atoms with van der Waals surface area (Å²) in [7, 11) is 1.47. The molecule has 0 atom stereocenters. The predicted molar refractivity (Wildman–Crippen MR) is 136 cm³/mol. The maximum absolute atomic E-state index is 14.2. The van der Waals surface area contributed by atoms with Crippen LogP contribution >= 0.6 is 0 Å². The Labute approximate surface area is 213 Å². The average Bonchev–Trinajstić information content (AvgIpc) is 3.39. The van der Waals surface area contributed by atoms with Crippen molar-refractivity contribution in [3.05, 3.63) is 70.9 Å². The van der Waals surface area contributed by atoms with Crippen molar-refractivity contribution in [1.29, 1.82) is 0 Å². The van der Waals surface area contributed by atoms with E-state index < -0.39 is 17.3 Å². The fraction of sp³-hybridized carbons (Fsp3) is 0.231. The number of hydrogen-bond donors (Lipinski definition) is 2. The van der Waals surface area contributed by atoms with Gasteiger partial charge >= 0.3 is 12.2 Å². The Morgan fingerprint density at radius 2 is 1.63 bits per heavy atom. The lowest BCUT2D eigenvalue weighted by Gasteiger charge is -2.31. The molecule has 12 heteroatoms. The van der Waals surface area contributed by atoms with Crippen molar-refractivity contribution in [3.63, 3.8) is 0 Å². The lowest BCUT2D eigenvalue weighted by atomic mass is 10.1. The Morgan fingerprint density at radius 3 is 2.34 bits per heavy atom. The predicted octanol–water partition coefficient (Wildman–Crippen LogP) is 3.74. The molecule has 0 saturated carbocycles. The smallest absolute Gasteiger partial charge is 0.418 e. The maximum atomic E-state index is 14.2. The van der Waals surface area contributed by atoms with Gasteiger partial charge in [0.25, 0.3) is 5.56 Å². The van der Waals surface area contributed by atoms with Crippen LogP contribution in [0.25, 0.3) is 39.1 Å². The van der Waals surface area contributed by atoms with E-state index in [1.807, 2.05) is 6.07 Å². The summed E-state index contributed by atoms with van der Waals surface area (Å²) in [4.78, 5) is 30.0. The number of benzene rings is 2. The molecule has 1 aliphatic rings. The molecule has 1 aliphatic heterocycles. The number of alkyl halides is 3. The molecular formula is C26H22F3N7O2. The number of H-pyrrole nitrogens is 1. The maximum Gasteiger partial charge on any atom is 0.418 e. The van der Waals surface area contributed by atoms with E-state index in [-0.39, 0.29) is 28.6 Å². The summed E-state index contributed by atoms with van der Waals surface area (Å²) in [5.74, 6) is 0.233. The zero-order valence-electron chi connectivity index (χ0n) is 20.2. The van der Waals surface area contributed by atoms with Crippen molar-refractivity contribution in [1.82, 2.24) is 29.7 Å². The summed E-state index contributed by atoms with van der Waals surface area (Å²) < 4.78 is 49.2. The Bertz CT molecular complexity index is 1710. The van der Waals surface area contributed by atoms with Crippen LogP contribution in [-0.4, -0.2) is 57.6 Å². The second-order valence-electron chi connectivity index (χ2n) is 8.91. The monoisotopic (exact) mass is 521 g/mol. The molecule has 9 nitrogen and oxygen atoms in total. The number of nitrogens with zero attached hydrogens (tertiary/aromatic N) is 5. The number of aromatic nitrogens is 5. The zero-order valence-corrected chi connectivity index (χ0v) is 20.2. The van der Waals surface area contributed by atoms with E-state index in [0.717, 1.165) is 11.6 Å². The van der Waals surface area contributed by atoms with Gasteiger partial charge in [-0.2, -0.15) is 13.2 Å². The zero-order chi connectivity index (χ0) is 26.4. The molecule has 38 heavy (non-hydrogen) atoms. The van der Waals surface area contributed by atoms with Crippen LogP contribution < -0.4 is 20.5 Å². The molecule has 194 valence electrons. The standard InChI is InChI=1S/C26H22F3N7O2/c1-38-25-32-12-17(13-33-25)15-2-4-19-21(11-15)36-22(24(37)34-19)14-31-23(36)16-3-5-20(18(10-16)26(27,28)29)35-8-6-30-7-9-35/h2-5,10-14,30H,6-9H2,1H3,(H,34,37). The minimum Gasteiger partial charge on any atom is -0.467 e. The molecule has 5 aromatic rings. The van der Waals surface area contributed by atoms with Gasteiger partial charge in [0.1, 0.15) is 11.3 Å². The number of ether oxygens (including phenoxy) is 1. The topological polar surface area (TPSA) is 100 Å². The highest BCUT2D eigenvalue weighted by molar-refractivity contribution is 5.85. The van der Waals surface area contributed by atoms with E-state index in [0.29, 0.717) is 42.8 Å². The fourth-order valence-electron chi connectivity index (χ4n) is 4.80. The number of nitrogens with one attached hydrogen (secondary N) is 2. The number of piperazine rings is 1. The first-order valence-corrected chi connectivity index (χ1v) is 11.9. The van der Waals surface area contributed by atoms with E-state index >= 15 is 0 Å². The second-order valence-corrected chi connectivity index (χ2v) is 8.91. The van der Waals surface area contributed by atoms with Crippen LogP contribution in [0.1, 0.15) is 5.56 Å². The van der Waals surface area contributed by atoms with Crippen LogP contribution in [0, 0.1) is 0 Å². The Balaban J connectivity index is 1.54. The molecular weight excluding hydrogens is 499 g/mol. The van der Waals surface area contributed by atoms with E-state index in [1.165, 1.54) is 19.4 Å². The van der Waals surface area contributed by atoms with Gasteiger partial charge in [0.2, 0.25) is 0 Å². The molecule has 0 aliphatic carbocycles. The molecule has 6 rings (SSSR count). The summed E-state index contributed by atoms with van der Waals surface area (Å²) in [6, 6.07) is 9.79.